The summed E-state index contributed by atoms with van der Waals surface area (Å²) in [6.07, 6.45) is 3.45. The van der Waals surface area contributed by atoms with Crippen molar-refractivity contribution in [1.82, 2.24) is 14.5 Å². The highest BCUT2D eigenvalue weighted by atomic mass is 32.2. The summed E-state index contributed by atoms with van der Waals surface area (Å²) in [6.45, 7) is 4.78. The summed E-state index contributed by atoms with van der Waals surface area (Å²) in [5.41, 5.74) is 8.10. The molecule has 0 aliphatic rings. The van der Waals surface area contributed by atoms with Crippen LogP contribution in [0.2, 0.25) is 0 Å². The third kappa shape index (κ3) is 3.69. The zero-order valence-electron chi connectivity index (χ0n) is 12.2. The van der Waals surface area contributed by atoms with Crippen LogP contribution >= 0.6 is 0 Å². The van der Waals surface area contributed by atoms with Crippen molar-refractivity contribution in [3.05, 3.63) is 47.3 Å². The normalized spacial score (nSPS) is 11.8. The highest BCUT2D eigenvalue weighted by molar-refractivity contribution is 7.89. The SMILES string of the molecule is Cc1cc(CN)cc(S(=O)(=O)NCCn2cccn2)c1C. The first kappa shape index (κ1) is 15.7. The molecule has 0 aliphatic carbocycles. The van der Waals surface area contributed by atoms with Gasteiger partial charge in [-0.2, -0.15) is 5.10 Å². The van der Waals surface area contributed by atoms with E-state index >= 15 is 0 Å². The Hall–Kier alpha value is -1.70. The predicted molar refractivity (Wildman–Crippen MR) is 81.2 cm³/mol. The van der Waals surface area contributed by atoms with E-state index in [-0.39, 0.29) is 6.54 Å². The van der Waals surface area contributed by atoms with E-state index in [1.165, 1.54) is 0 Å². The second-order valence-corrected chi connectivity index (χ2v) is 6.64. The molecule has 0 aliphatic heterocycles. The molecule has 0 radical (unpaired) electrons. The number of rotatable bonds is 6. The quantitative estimate of drug-likeness (QED) is 0.831. The summed E-state index contributed by atoms with van der Waals surface area (Å²) in [7, 11) is -3.55. The minimum absolute atomic E-state index is 0.287. The zero-order valence-corrected chi connectivity index (χ0v) is 13.0. The van der Waals surface area contributed by atoms with Gasteiger partial charge < -0.3 is 5.73 Å². The lowest BCUT2D eigenvalue weighted by Crippen LogP contribution is -2.28. The number of sulfonamides is 1. The molecule has 0 saturated heterocycles. The molecule has 0 unspecified atom stereocenters. The summed E-state index contributed by atoms with van der Waals surface area (Å²) in [5, 5.41) is 4.03. The fourth-order valence-electron chi connectivity index (χ4n) is 2.10. The van der Waals surface area contributed by atoms with Gasteiger partial charge in [0, 0.05) is 25.5 Å². The van der Waals surface area contributed by atoms with Gasteiger partial charge in [0.15, 0.2) is 0 Å². The van der Waals surface area contributed by atoms with Gasteiger partial charge in [0.25, 0.3) is 0 Å². The van der Waals surface area contributed by atoms with E-state index in [0.29, 0.717) is 18.0 Å². The van der Waals surface area contributed by atoms with E-state index in [0.717, 1.165) is 16.7 Å². The summed E-state index contributed by atoms with van der Waals surface area (Å²) < 4.78 is 29.1. The lowest BCUT2D eigenvalue weighted by atomic mass is 10.1. The van der Waals surface area contributed by atoms with Crippen LogP contribution in [0, 0.1) is 13.8 Å². The molecule has 1 aromatic carbocycles. The molecular weight excluding hydrogens is 288 g/mol. The van der Waals surface area contributed by atoms with Crippen LogP contribution in [-0.2, 0) is 23.1 Å². The third-order valence-corrected chi connectivity index (χ3v) is 4.98. The molecule has 2 rings (SSSR count). The van der Waals surface area contributed by atoms with E-state index < -0.39 is 10.0 Å². The van der Waals surface area contributed by atoms with Crippen molar-refractivity contribution < 1.29 is 8.42 Å². The monoisotopic (exact) mass is 308 g/mol. The molecule has 2 aromatic rings. The van der Waals surface area contributed by atoms with Gasteiger partial charge >= 0.3 is 0 Å². The van der Waals surface area contributed by atoms with Crippen LogP contribution in [0.4, 0.5) is 0 Å². The summed E-state index contributed by atoms with van der Waals surface area (Å²) >= 11 is 0. The molecule has 0 spiro atoms. The number of hydrogen-bond acceptors (Lipinski definition) is 4. The fraction of sp³-hybridized carbons (Fsp3) is 0.357. The maximum atomic E-state index is 12.4. The smallest absolute Gasteiger partial charge is 0.240 e. The molecule has 1 aromatic heterocycles. The van der Waals surface area contributed by atoms with Gasteiger partial charge in [-0.25, -0.2) is 13.1 Å². The molecule has 6 nitrogen and oxygen atoms in total. The Morgan fingerprint density at radius 1 is 1.33 bits per heavy atom. The fourth-order valence-corrected chi connectivity index (χ4v) is 3.49. The van der Waals surface area contributed by atoms with Crippen LogP contribution in [0.25, 0.3) is 0 Å². The van der Waals surface area contributed by atoms with Gasteiger partial charge in [-0.05, 0) is 42.7 Å². The molecule has 7 heteroatoms. The van der Waals surface area contributed by atoms with Crippen LogP contribution in [0.15, 0.2) is 35.5 Å². The highest BCUT2D eigenvalue weighted by Crippen LogP contribution is 2.20. The molecule has 114 valence electrons. The molecular formula is C14H20N4O2S. The van der Waals surface area contributed by atoms with Gasteiger partial charge in [-0.3, -0.25) is 4.68 Å². The van der Waals surface area contributed by atoms with Gasteiger partial charge in [0.2, 0.25) is 10.0 Å². The van der Waals surface area contributed by atoms with Gasteiger partial charge in [0.1, 0.15) is 0 Å². The first-order chi connectivity index (χ1) is 9.94. The first-order valence-electron chi connectivity index (χ1n) is 6.71. The van der Waals surface area contributed by atoms with Gasteiger partial charge in [0.05, 0.1) is 11.4 Å². The molecule has 0 saturated carbocycles. The maximum absolute atomic E-state index is 12.4. The van der Waals surface area contributed by atoms with E-state index in [1.807, 2.05) is 13.0 Å². The van der Waals surface area contributed by atoms with Crippen molar-refractivity contribution in [2.75, 3.05) is 6.54 Å². The average molecular weight is 308 g/mol. The van der Waals surface area contributed by atoms with Crippen molar-refractivity contribution in [3.63, 3.8) is 0 Å². The summed E-state index contributed by atoms with van der Waals surface area (Å²) in [6, 6.07) is 5.35. The standard InChI is InChI=1S/C14H20N4O2S/c1-11-8-13(10-15)9-14(12(11)2)21(19,20)17-5-7-18-6-3-4-16-18/h3-4,6,8-9,17H,5,7,10,15H2,1-2H3. The average Bonchev–Trinajstić information content (AvgIpc) is 2.94. The lowest BCUT2D eigenvalue weighted by Gasteiger charge is -2.13. The number of nitrogens with two attached hydrogens (primary N) is 1. The molecule has 3 N–H and O–H groups in total. The largest absolute Gasteiger partial charge is 0.326 e. The Morgan fingerprint density at radius 3 is 2.71 bits per heavy atom. The molecule has 21 heavy (non-hydrogen) atoms. The van der Waals surface area contributed by atoms with Crippen molar-refractivity contribution in [3.8, 4) is 0 Å². The Kier molecular flexibility index (Phi) is 4.76. The van der Waals surface area contributed by atoms with Crippen molar-refractivity contribution in [2.24, 2.45) is 5.73 Å². The Labute approximate surface area is 125 Å². The van der Waals surface area contributed by atoms with Crippen LogP contribution in [-0.4, -0.2) is 24.7 Å². The highest BCUT2D eigenvalue weighted by Gasteiger charge is 2.18. The summed E-state index contributed by atoms with van der Waals surface area (Å²) in [4.78, 5) is 0.295. The topological polar surface area (TPSA) is 90.0 Å². The van der Waals surface area contributed by atoms with Crippen molar-refractivity contribution >= 4 is 10.0 Å². The number of nitrogens with one attached hydrogen (secondary N) is 1. The van der Waals surface area contributed by atoms with E-state index in [4.69, 9.17) is 5.73 Å². The van der Waals surface area contributed by atoms with Crippen molar-refractivity contribution in [1.29, 1.82) is 0 Å². The number of aryl methyl sites for hydroxylation is 1. The second-order valence-electron chi connectivity index (χ2n) is 4.91. The minimum atomic E-state index is -3.55. The van der Waals surface area contributed by atoms with E-state index in [1.54, 1.807) is 36.1 Å². The second kappa shape index (κ2) is 6.38. The Bertz CT molecular complexity index is 709. The van der Waals surface area contributed by atoms with Crippen molar-refractivity contribution in [2.45, 2.75) is 31.8 Å². The molecule has 0 fully saturated rings. The third-order valence-electron chi connectivity index (χ3n) is 3.40. The number of nitrogens with zero attached hydrogens (tertiary/aromatic N) is 2. The van der Waals surface area contributed by atoms with Crippen LogP contribution in [0.3, 0.4) is 0 Å². The number of benzene rings is 1. The summed E-state index contributed by atoms with van der Waals surface area (Å²) in [5.74, 6) is 0. The lowest BCUT2D eigenvalue weighted by molar-refractivity contribution is 0.560. The van der Waals surface area contributed by atoms with E-state index in [9.17, 15) is 8.42 Å². The maximum Gasteiger partial charge on any atom is 0.240 e. The minimum Gasteiger partial charge on any atom is -0.326 e. The number of aromatic nitrogens is 2. The predicted octanol–water partition coefficient (Wildman–Crippen LogP) is 0.937. The molecule has 0 atom stereocenters. The zero-order chi connectivity index (χ0) is 15.5. The first-order valence-corrected chi connectivity index (χ1v) is 8.19. The molecule has 0 bridgehead atoms. The van der Waals surface area contributed by atoms with Crippen LogP contribution in [0.5, 0.6) is 0 Å². The Balaban J connectivity index is 2.17. The van der Waals surface area contributed by atoms with Crippen LogP contribution in [0.1, 0.15) is 16.7 Å². The Morgan fingerprint density at radius 2 is 2.10 bits per heavy atom. The van der Waals surface area contributed by atoms with Crippen LogP contribution < -0.4 is 10.5 Å². The van der Waals surface area contributed by atoms with Gasteiger partial charge in [-0.1, -0.05) is 6.07 Å². The van der Waals surface area contributed by atoms with Gasteiger partial charge in [-0.15, -0.1) is 0 Å². The number of hydrogen-bond donors (Lipinski definition) is 2. The molecule has 0 amide bonds. The molecule has 1 heterocycles. The van der Waals surface area contributed by atoms with E-state index in [2.05, 4.69) is 9.82 Å².